The number of aliphatic imine (C=N–C) groups is 1. The van der Waals surface area contributed by atoms with E-state index in [0.717, 1.165) is 30.7 Å². The van der Waals surface area contributed by atoms with Crippen LogP contribution in [0.15, 0.2) is 45.2 Å². The van der Waals surface area contributed by atoms with Gasteiger partial charge in [-0.15, -0.1) is 0 Å². The molecular formula is C19H24N2O. The van der Waals surface area contributed by atoms with Crippen LogP contribution in [0.2, 0.25) is 0 Å². The maximum absolute atomic E-state index is 11.7. The molecule has 0 saturated carbocycles. The lowest BCUT2D eigenvalue weighted by molar-refractivity contribution is 0.411. The average Bonchev–Trinajstić information content (AvgIpc) is 2.45. The molecule has 22 heavy (non-hydrogen) atoms. The van der Waals surface area contributed by atoms with Crippen LogP contribution in [0.4, 0.5) is 0 Å². The lowest BCUT2D eigenvalue weighted by atomic mass is 9.63. The molecule has 1 aromatic rings. The molecule has 0 fully saturated rings. The van der Waals surface area contributed by atoms with Crippen LogP contribution in [0.3, 0.4) is 0 Å². The molecule has 0 amide bonds. The second-order valence-corrected chi connectivity index (χ2v) is 6.52. The first-order valence-electron chi connectivity index (χ1n) is 8.12. The number of hydrogen-bond donors (Lipinski definition) is 1. The largest absolute Gasteiger partial charge is 0.326 e. The normalized spacial score (nSPS) is 29.3. The molecule has 2 bridgehead atoms. The second kappa shape index (κ2) is 5.38. The molecule has 1 aromatic heterocycles. The minimum Gasteiger partial charge on any atom is -0.326 e. The van der Waals surface area contributed by atoms with Crippen LogP contribution >= 0.6 is 0 Å². The summed E-state index contributed by atoms with van der Waals surface area (Å²) in [6.45, 7) is 8.55. The highest BCUT2D eigenvalue weighted by Crippen LogP contribution is 2.52. The fourth-order valence-electron chi connectivity index (χ4n) is 4.03. The second-order valence-electron chi connectivity index (χ2n) is 6.52. The van der Waals surface area contributed by atoms with Crippen LogP contribution in [0.1, 0.15) is 51.8 Å². The summed E-state index contributed by atoms with van der Waals surface area (Å²) in [5.41, 5.74) is 5.82. The van der Waals surface area contributed by atoms with Crippen molar-refractivity contribution in [2.24, 2.45) is 10.9 Å². The summed E-state index contributed by atoms with van der Waals surface area (Å²) in [5, 5.41) is 0. The van der Waals surface area contributed by atoms with Gasteiger partial charge in [0, 0.05) is 35.4 Å². The SMILES string of the molecule is C/C=C1\C2C=C(C)CC1(N=C(C)CC)c1ccc(=O)[nH]c1C2. The number of hydrogen-bond acceptors (Lipinski definition) is 2. The van der Waals surface area contributed by atoms with E-state index in [0.29, 0.717) is 5.92 Å². The third kappa shape index (κ3) is 2.20. The maximum atomic E-state index is 11.7. The van der Waals surface area contributed by atoms with E-state index in [9.17, 15) is 4.79 Å². The van der Waals surface area contributed by atoms with Gasteiger partial charge in [-0.05, 0) is 45.3 Å². The highest BCUT2D eigenvalue weighted by molar-refractivity contribution is 5.82. The number of fused-ring (bicyclic) bond motifs is 4. The molecule has 0 aromatic carbocycles. The lowest BCUT2D eigenvalue weighted by Crippen LogP contribution is -2.41. The van der Waals surface area contributed by atoms with Crippen LogP contribution in [-0.2, 0) is 12.0 Å². The number of H-pyrrole nitrogens is 1. The Kier molecular flexibility index (Phi) is 3.67. The number of allylic oxidation sites excluding steroid dienone is 2. The van der Waals surface area contributed by atoms with Gasteiger partial charge in [0.1, 0.15) is 5.54 Å². The van der Waals surface area contributed by atoms with Crippen molar-refractivity contribution >= 4 is 5.71 Å². The molecule has 0 spiro atoms. The Hall–Kier alpha value is -1.90. The Labute approximate surface area is 131 Å². The van der Waals surface area contributed by atoms with E-state index in [1.54, 1.807) is 6.07 Å². The predicted octanol–water partition coefficient (Wildman–Crippen LogP) is 3.91. The maximum Gasteiger partial charge on any atom is 0.248 e. The Balaban J connectivity index is 2.33. The zero-order chi connectivity index (χ0) is 15.9. The van der Waals surface area contributed by atoms with E-state index >= 15 is 0 Å². The minimum atomic E-state index is -0.323. The van der Waals surface area contributed by atoms with Gasteiger partial charge in [0.2, 0.25) is 5.56 Å². The summed E-state index contributed by atoms with van der Waals surface area (Å²) in [6, 6.07) is 3.62. The van der Waals surface area contributed by atoms with E-state index in [-0.39, 0.29) is 11.1 Å². The molecule has 3 nitrogen and oxygen atoms in total. The zero-order valence-corrected chi connectivity index (χ0v) is 13.9. The van der Waals surface area contributed by atoms with Gasteiger partial charge in [-0.1, -0.05) is 24.6 Å². The number of aromatic nitrogens is 1. The summed E-state index contributed by atoms with van der Waals surface area (Å²) in [4.78, 5) is 20.0. The Morgan fingerprint density at radius 1 is 1.50 bits per heavy atom. The van der Waals surface area contributed by atoms with Crippen LogP contribution < -0.4 is 5.56 Å². The predicted molar refractivity (Wildman–Crippen MR) is 91.5 cm³/mol. The summed E-state index contributed by atoms with van der Waals surface area (Å²) in [7, 11) is 0. The fraction of sp³-hybridized carbons (Fsp3) is 0.474. The summed E-state index contributed by atoms with van der Waals surface area (Å²) >= 11 is 0. The molecule has 2 atom stereocenters. The summed E-state index contributed by atoms with van der Waals surface area (Å²) < 4.78 is 0. The van der Waals surface area contributed by atoms with Crippen molar-refractivity contribution in [1.82, 2.24) is 4.98 Å². The van der Waals surface area contributed by atoms with Crippen molar-refractivity contribution in [2.45, 2.75) is 52.5 Å². The molecular weight excluding hydrogens is 272 g/mol. The molecule has 2 aliphatic rings. The van der Waals surface area contributed by atoms with Gasteiger partial charge in [0.05, 0.1) is 0 Å². The monoisotopic (exact) mass is 296 g/mol. The van der Waals surface area contributed by atoms with Crippen molar-refractivity contribution in [3.63, 3.8) is 0 Å². The third-order valence-electron chi connectivity index (χ3n) is 4.97. The van der Waals surface area contributed by atoms with Crippen molar-refractivity contribution < 1.29 is 0 Å². The molecule has 2 aliphatic carbocycles. The van der Waals surface area contributed by atoms with E-state index in [1.807, 2.05) is 6.07 Å². The van der Waals surface area contributed by atoms with Gasteiger partial charge in [0.25, 0.3) is 0 Å². The average molecular weight is 296 g/mol. The summed E-state index contributed by atoms with van der Waals surface area (Å²) in [6.07, 6.45) is 7.29. The minimum absolute atomic E-state index is 0.0206. The van der Waals surface area contributed by atoms with Gasteiger partial charge >= 0.3 is 0 Å². The Morgan fingerprint density at radius 2 is 2.27 bits per heavy atom. The van der Waals surface area contributed by atoms with E-state index < -0.39 is 0 Å². The van der Waals surface area contributed by atoms with Gasteiger partial charge < -0.3 is 4.98 Å². The topological polar surface area (TPSA) is 45.2 Å². The van der Waals surface area contributed by atoms with E-state index in [2.05, 4.69) is 44.8 Å². The van der Waals surface area contributed by atoms with Crippen molar-refractivity contribution in [3.05, 3.63) is 57.0 Å². The highest BCUT2D eigenvalue weighted by atomic mass is 16.1. The first-order valence-corrected chi connectivity index (χ1v) is 8.12. The fourth-order valence-corrected chi connectivity index (χ4v) is 4.03. The molecule has 1 heterocycles. The van der Waals surface area contributed by atoms with E-state index in [1.165, 1.54) is 16.7 Å². The van der Waals surface area contributed by atoms with Crippen molar-refractivity contribution in [3.8, 4) is 0 Å². The Morgan fingerprint density at radius 3 is 2.95 bits per heavy atom. The molecule has 0 aliphatic heterocycles. The number of nitrogens with one attached hydrogen (secondary N) is 1. The van der Waals surface area contributed by atoms with Crippen LogP contribution in [0.25, 0.3) is 0 Å². The first-order chi connectivity index (χ1) is 10.5. The number of pyridine rings is 1. The smallest absolute Gasteiger partial charge is 0.248 e. The van der Waals surface area contributed by atoms with Crippen LogP contribution in [0, 0.1) is 5.92 Å². The van der Waals surface area contributed by atoms with Gasteiger partial charge in [0.15, 0.2) is 0 Å². The quantitative estimate of drug-likeness (QED) is 0.652. The van der Waals surface area contributed by atoms with Crippen LogP contribution in [0.5, 0.6) is 0 Å². The molecule has 0 radical (unpaired) electrons. The van der Waals surface area contributed by atoms with Gasteiger partial charge in [-0.3, -0.25) is 9.79 Å². The molecule has 0 saturated heterocycles. The standard InChI is InChI=1S/C19H24N2O/c1-5-13(4)21-19-11-12(3)9-14(15(19)6-2)10-17-16(19)7-8-18(22)20-17/h6-9,14H,5,10-11H2,1-4H3,(H,20,22)/b15-6+,21-13?. The number of aromatic amines is 1. The van der Waals surface area contributed by atoms with Crippen molar-refractivity contribution in [1.29, 1.82) is 0 Å². The first kappa shape index (κ1) is 15.0. The van der Waals surface area contributed by atoms with Gasteiger partial charge in [-0.2, -0.15) is 0 Å². The Bertz CT molecular complexity index is 751. The molecule has 3 rings (SSSR count). The molecule has 1 N–H and O–H groups in total. The molecule has 3 heteroatoms. The lowest BCUT2D eigenvalue weighted by Gasteiger charge is -2.45. The summed E-state index contributed by atoms with van der Waals surface area (Å²) in [5.74, 6) is 0.345. The third-order valence-corrected chi connectivity index (χ3v) is 4.97. The van der Waals surface area contributed by atoms with Crippen LogP contribution in [-0.4, -0.2) is 10.7 Å². The van der Waals surface area contributed by atoms with Crippen molar-refractivity contribution in [2.75, 3.05) is 0 Å². The van der Waals surface area contributed by atoms with Gasteiger partial charge in [-0.25, -0.2) is 0 Å². The number of nitrogens with zero attached hydrogens (tertiary/aromatic N) is 1. The number of rotatable bonds is 2. The molecule has 116 valence electrons. The van der Waals surface area contributed by atoms with E-state index in [4.69, 9.17) is 4.99 Å². The highest BCUT2D eigenvalue weighted by Gasteiger charge is 2.46. The zero-order valence-electron chi connectivity index (χ0n) is 13.9. The molecule has 2 unspecified atom stereocenters.